The monoisotopic (exact) mass is 300 g/mol. The summed E-state index contributed by atoms with van der Waals surface area (Å²) in [5, 5.41) is 17.3. The molecule has 0 radical (unpaired) electrons. The number of carboxylic acid groups (broad SMARTS) is 1. The molecule has 1 aliphatic heterocycles. The van der Waals surface area contributed by atoms with Gasteiger partial charge in [0, 0.05) is 13.1 Å². The summed E-state index contributed by atoms with van der Waals surface area (Å²) < 4.78 is 0. The predicted octanol–water partition coefficient (Wildman–Crippen LogP) is 1.20. The number of amides is 1. The Kier molecular flexibility index (Phi) is 3.86. The highest BCUT2D eigenvalue weighted by molar-refractivity contribution is 5.98. The van der Waals surface area contributed by atoms with Crippen LogP contribution in [0.25, 0.3) is 5.69 Å². The maximum Gasteiger partial charge on any atom is 0.308 e. The molecular weight excluding hydrogens is 284 g/mol. The van der Waals surface area contributed by atoms with E-state index in [1.807, 2.05) is 6.07 Å². The average Bonchev–Trinajstić information content (AvgIpc) is 3.08. The molecule has 22 heavy (non-hydrogen) atoms. The number of carbonyl (C=O) groups excluding carboxylic acids is 1. The zero-order valence-corrected chi connectivity index (χ0v) is 11.9. The number of aromatic nitrogens is 3. The minimum Gasteiger partial charge on any atom is -0.481 e. The summed E-state index contributed by atoms with van der Waals surface area (Å²) in [6, 6.07) is 7.07. The number of carbonyl (C=O) groups is 2. The Labute approximate surface area is 127 Å². The lowest BCUT2D eigenvalue weighted by atomic mass is 9.97. The van der Waals surface area contributed by atoms with Gasteiger partial charge in [-0.05, 0) is 25.0 Å². The molecule has 1 atom stereocenters. The highest BCUT2D eigenvalue weighted by atomic mass is 16.4. The maximum absolute atomic E-state index is 12.7. The Hall–Kier alpha value is -2.70. The number of likely N-dealkylation sites (tertiary alicyclic amines) is 1. The minimum atomic E-state index is -0.848. The number of para-hydroxylation sites is 1. The van der Waals surface area contributed by atoms with E-state index in [2.05, 4.69) is 10.2 Å². The van der Waals surface area contributed by atoms with Gasteiger partial charge in [0.2, 0.25) is 0 Å². The van der Waals surface area contributed by atoms with Gasteiger partial charge in [0.15, 0.2) is 0 Å². The van der Waals surface area contributed by atoms with Gasteiger partial charge >= 0.3 is 5.97 Å². The second-order valence-corrected chi connectivity index (χ2v) is 5.26. The largest absolute Gasteiger partial charge is 0.481 e. The summed E-state index contributed by atoms with van der Waals surface area (Å²) in [5.74, 6) is -1.52. The maximum atomic E-state index is 12.7. The molecule has 1 amide bonds. The van der Waals surface area contributed by atoms with E-state index >= 15 is 0 Å². The third-order valence-electron chi connectivity index (χ3n) is 3.83. The van der Waals surface area contributed by atoms with Crippen molar-refractivity contribution in [1.29, 1.82) is 0 Å². The molecule has 7 nitrogen and oxygen atoms in total. The third-order valence-corrected chi connectivity index (χ3v) is 3.83. The molecule has 1 aromatic carbocycles. The fourth-order valence-electron chi connectivity index (χ4n) is 2.70. The summed E-state index contributed by atoms with van der Waals surface area (Å²) in [7, 11) is 0. The minimum absolute atomic E-state index is 0.182. The highest BCUT2D eigenvalue weighted by Crippen LogP contribution is 2.21. The van der Waals surface area contributed by atoms with E-state index in [4.69, 9.17) is 5.11 Å². The fraction of sp³-hybridized carbons (Fsp3) is 0.333. The first kappa shape index (κ1) is 14.2. The molecule has 0 aliphatic carbocycles. The van der Waals surface area contributed by atoms with Crippen molar-refractivity contribution in [3.8, 4) is 5.69 Å². The van der Waals surface area contributed by atoms with Gasteiger partial charge in [-0.15, -0.1) is 0 Å². The number of carboxylic acids is 1. The van der Waals surface area contributed by atoms with Crippen molar-refractivity contribution in [1.82, 2.24) is 19.9 Å². The van der Waals surface area contributed by atoms with Crippen LogP contribution in [0.2, 0.25) is 0 Å². The van der Waals surface area contributed by atoms with Crippen molar-refractivity contribution in [3.63, 3.8) is 0 Å². The van der Waals surface area contributed by atoms with Crippen molar-refractivity contribution < 1.29 is 14.7 Å². The van der Waals surface area contributed by atoms with Crippen molar-refractivity contribution >= 4 is 11.9 Å². The van der Waals surface area contributed by atoms with Gasteiger partial charge in [-0.3, -0.25) is 9.59 Å². The van der Waals surface area contributed by atoms with Crippen LogP contribution >= 0.6 is 0 Å². The molecule has 1 aromatic heterocycles. The van der Waals surface area contributed by atoms with Gasteiger partial charge in [0.1, 0.15) is 0 Å². The van der Waals surface area contributed by atoms with Crippen LogP contribution in [0.1, 0.15) is 23.2 Å². The number of aliphatic carboxylic acids is 1. The summed E-state index contributed by atoms with van der Waals surface area (Å²) in [5.41, 5.74) is 1.07. The van der Waals surface area contributed by atoms with Crippen LogP contribution in [0.5, 0.6) is 0 Å². The van der Waals surface area contributed by atoms with E-state index in [1.54, 1.807) is 35.5 Å². The summed E-state index contributed by atoms with van der Waals surface area (Å²) in [6.45, 7) is 0.818. The number of nitrogens with zero attached hydrogens (tertiary/aromatic N) is 4. The Balaban J connectivity index is 1.88. The van der Waals surface area contributed by atoms with Gasteiger partial charge in [-0.1, -0.05) is 12.1 Å². The van der Waals surface area contributed by atoms with Gasteiger partial charge in [0.25, 0.3) is 5.91 Å². The van der Waals surface area contributed by atoms with Crippen LogP contribution < -0.4 is 0 Å². The smallest absolute Gasteiger partial charge is 0.308 e. The standard InChI is InChI=1S/C15H16N4O3/c20-14(18-9-3-4-11(10-18)15(21)22)12-5-1-2-6-13(12)19-16-7-8-17-19/h1-2,5-8,11H,3-4,9-10H2,(H,21,22)/t11-/m1/s1. The molecule has 1 N–H and O–H groups in total. The molecule has 1 fully saturated rings. The second kappa shape index (κ2) is 5.97. The molecule has 3 rings (SSSR count). The first-order chi connectivity index (χ1) is 10.7. The van der Waals surface area contributed by atoms with Crippen LogP contribution in [0, 0.1) is 5.92 Å². The first-order valence-corrected chi connectivity index (χ1v) is 7.14. The molecule has 0 saturated carbocycles. The first-order valence-electron chi connectivity index (χ1n) is 7.14. The molecule has 1 saturated heterocycles. The van der Waals surface area contributed by atoms with Gasteiger partial charge in [-0.2, -0.15) is 15.0 Å². The lowest BCUT2D eigenvalue weighted by Crippen LogP contribution is -2.42. The average molecular weight is 300 g/mol. The highest BCUT2D eigenvalue weighted by Gasteiger charge is 2.29. The predicted molar refractivity (Wildman–Crippen MR) is 77.6 cm³/mol. The van der Waals surface area contributed by atoms with E-state index in [-0.39, 0.29) is 12.5 Å². The number of rotatable bonds is 3. The van der Waals surface area contributed by atoms with Crippen LogP contribution in [0.3, 0.4) is 0 Å². The topological polar surface area (TPSA) is 88.3 Å². The lowest BCUT2D eigenvalue weighted by Gasteiger charge is -2.31. The van der Waals surface area contributed by atoms with E-state index in [1.165, 1.54) is 4.80 Å². The quantitative estimate of drug-likeness (QED) is 0.920. The van der Waals surface area contributed by atoms with E-state index in [0.29, 0.717) is 30.6 Å². The molecule has 0 spiro atoms. The Morgan fingerprint density at radius 3 is 2.64 bits per heavy atom. The van der Waals surface area contributed by atoms with Gasteiger partial charge in [-0.25, -0.2) is 0 Å². The van der Waals surface area contributed by atoms with Crippen LogP contribution in [0.15, 0.2) is 36.7 Å². The molecule has 0 bridgehead atoms. The van der Waals surface area contributed by atoms with E-state index < -0.39 is 11.9 Å². The zero-order valence-electron chi connectivity index (χ0n) is 11.9. The number of hydrogen-bond donors (Lipinski definition) is 1. The van der Waals surface area contributed by atoms with Crippen molar-refractivity contribution in [2.45, 2.75) is 12.8 Å². The summed E-state index contributed by atoms with van der Waals surface area (Å²) in [4.78, 5) is 26.9. The SMILES string of the molecule is O=C(O)[C@@H]1CCCN(C(=O)c2ccccc2-n2nccn2)C1. The van der Waals surface area contributed by atoms with E-state index in [0.717, 1.165) is 0 Å². The Bertz CT molecular complexity index is 684. The van der Waals surface area contributed by atoms with Crippen molar-refractivity contribution in [2.24, 2.45) is 5.92 Å². The number of benzene rings is 1. The Morgan fingerprint density at radius 2 is 1.91 bits per heavy atom. The van der Waals surface area contributed by atoms with Crippen LogP contribution in [0.4, 0.5) is 0 Å². The zero-order chi connectivity index (χ0) is 15.5. The van der Waals surface area contributed by atoms with Gasteiger partial charge in [0.05, 0.1) is 29.6 Å². The van der Waals surface area contributed by atoms with Crippen LogP contribution in [-0.4, -0.2) is 50.0 Å². The normalized spacial score (nSPS) is 18.2. The van der Waals surface area contributed by atoms with Crippen LogP contribution in [-0.2, 0) is 4.79 Å². The number of hydrogen-bond acceptors (Lipinski definition) is 4. The third kappa shape index (κ3) is 2.69. The fourth-order valence-corrected chi connectivity index (χ4v) is 2.70. The molecular formula is C15H16N4O3. The number of piperidine rings is 1. The van der Waals surface area contributed by atoms with E-state index in [9.17, 15) is 9.59 Å². The second-order valence-electron chi connectivity index (χ2n) is 5.26. The Morgan fingerprint density at radius 1 is 1.18 bits per heavy atom. The van der Waals surface area contributed by atoms with Crippen molar-refractivity contribution in [3.05, 3.63) is 42.2 Å². The molecule has 2 aromatic rings. The van der Waals surface area contributed by atoms with Gasteiger partial charge < -0.3 is 10.0 Å². The van der Waals surface area contributed by atoms with Crippen molar-refractivity contribution in [2.75, 3.05) is 13.1 Å². The molecule has 0 unspecified atom stereocenters. The molecule has 2 heterocycles. The molecule has 1 aliphatic rings. The molecule has 7 heteroatoms. The lowest BCUT2D eigenvalue weighted by molar-refractivity contribution is -0.143. The summed E-state index contributed by atoms with van der Waals surface area (Å²) >= 11 is 0. The summed E-state index contributed by atoms with van der Waals surface area (Å²) in [6.07, 6.45) is 4.40. The molecule has 114 valence electrons.